The summed E-state index contributed by atoms with van der Waals surface area (Å²) in [4.78, 5) is 23.2. The minimum atomic E-state index is -0.383. The summed E-state index contributed by atoms with van der Waals surface area (Å²) in [5.74, 6) is -0.474. The predicted molar refractivity (Wildman–Crippen MR) is 79.8 cm³/mol. The SMILES string of the molecule is CCOC(=O)c1ccc(NC(=O)CCCOC)c(Br)c1. The van der Waals surface area contributed by atoms with E-state index in [4.69, 9.17) is 9.47 Å². The van der Waals surface area contributed by atoms with Crippen LogP contribution in [0.25, 0.3) is 0 Å². The minimum absolute atomic E-state index is 0.0911. The van der Waals surface area contributed by atoms with Crippen LogP contribution in [0.5, 0.6) is 0 Å². The van der Waals surface area contributed by atoms with Crippen molar-refractivity contribution < 1.29 is 19.1 Å². The zero-order chi connectivity index (χ0) is 15.0. The fourth-order valence-electron chi connectivity index (χ4n) is 1.55. The molecule has 0 fully saturated rings. The number of carbonyl (C=O) groups is 2. The molecular formula is C14H18BrNO4. The van der Waals surface area contributed by atoms with Crippen LogP contribution in [-0.4, -0.2) is 32.2 Å². The van der Waals surface area contributed by atoms with Gasteiger partial charge in [0.05, 0.1) is 17.9 Å². The lowest BCUT2D eigenvalue weighted by Crippen LogP contribution is -2.13. The number of methoxy groups -OCH3 is 1. The first kappa shape index (κ1) is 16.7. The molecule has 0 aliphatic rings. The molecule has 0 saturated carbocycles. The Labute approximate surface area is 126 Å². The Balaban J connectivity index is 2.64. The lowest BCUT2D eigenvalue weighted by molar-refractivity contribution is -0.116. The lowest BCUT2D eigenvalue weighted by Gasteiger charge is -2.09. The normalized spacial score (nSPS) is 10.2. The third-order valence-corrected chi connectivity index (χ3v) is 3.16. The van der Waals surface area contributed by atoms with E-state index in [0.717, 1.165) is 0 Å². The fraction of sp³-hybridized carbons (Fsp3) is 0.429. The molecule has 0 bridgehead atoms. The summed E-state index contributed by atoms with van der Waals surface area (Å²) >= 11 is 3.33. The Morgan fingerprint density at radius 1 is 1.35 bits per heavy atom. The van der Waals surface area contributed by atoms with E-state index in [0.29, 0.717) is 41.8 Å². The van der Waals surface area contributed by atoms with Gasteiger partial charge in [0.15, 0.2) is 0 Å². The van der Waals surface area contributed by atoms with Gasteiger partial charge in [-0.1, -0.05) is 0 Å². The van der Waals surface area contributed by atoms with Crippen molar-refractivity contribution in [2.75, 3.05) is 25.6 Å². The Kier molecular flexibility index (Phi) is 7.25. The predicted octanol–water partition coefficient (Wildman–Crippen LogP) is 2.99. The molecular weight excluding hydrogens is 326 g/mol. The molecule has 1 rings (SSSR count). The summed E-state index contributed by atoms with van der Waals surface area (Å²) in [5.41, 5.74) is 1.07. The van der Waals surface area contributed by atoms with Crippen LogP contribution < -0.4 is 5.32 Å². The quantitative estimate of drug-likeness (QED) is 0.610. The molecule has 0 unspecified atom stereocenters. The summed E-state index contributed by atoms with van der Waals surface area (Å²) < 4.78 is 10.4. The number of halogens is 1. The smallest absolute Gasteiger partial charge is 0.338 e. The van der Waals surface area contributed by atoms with Crippen LogP contribution in [0.15, 0.2) is 22.7 Å². The van der Waals surface area contributed by atoms with E-state index in [-0.39, 0.29) is 11.9 Å². The molecule has 1 aromatic rings. The van der Waals surface area contributed by atoms with Crippen LogP contribution >= 0.6 is 15.9 Å². The average Bonchev–Trinajstić information content (AvgIpc) is 2.41. The zero-order valence-corrected chi connectivity index (χ0v) is 13.2. The number of esters is 1. The molecule has 0 spiro atoms. The van der Waals surface area contributed by atoms with Gasteiger partial charge in [-0.2, -0.15) is 0 Å². The van der Waals surface area contributed by atoms with Crippen molar-refractivity contribution in [2.24, 2.45) is 0 Å². The summed E-state index contributed by atoms with van der Waals surface area (Å²) in [5, 5.41) is 2.77. The van der Waals surface area contributed by atoms with Gasteiger partial charge in [-0.25, -0.2) is 4.79 Å². The van der Waals surface area contributed by atoms with Gasteiger partial charge in [0, 0.05) is 24.6 Å². The molecule has 0 aromatic heterocycles. The van der Waals surface area contributed by atoms with Crippen molar-refractivity contribution in [2.45, 2.75) is 19.8 Å². The Morgan fingerprint density at radius 2 is 2.10 bits per heavy atom. The fourth-order valence-corrected chi connectivity index (χ4v) is 2.03. The maximum absolute atomic E-state index is 11.7. The highest BCUT2D eigenvalue weighted by Gasteiger charge is 2.10. The molecule has 1 N–H and O–H groups in total. The Morgan fingerprint density at radius 3 is 2.70 bits per heavy atom. The summed E-state index contributed by atoms with van der Waals surface area (Å²) in [6, 6.07) is 4.92. The van der Waals surface area contributed by atoms with Crippen LogP contribution in [0.1, 0.15) is 30.1 Å². The maximum Gasteiger partial charge on any atom is 0.338 e. The highest BCUT2D eigenvalue weighted by molar-refractivity contribution is 9.10. The molecule has 0 atom stereocenters. The van der Waals surface area contributed by atoms with Crippen molar-refractivity contribution >= 4 is 33.5 Å². The van der Waals surface area contributed by atoms with E-state index >= 15 is 0 Å². The number of carbonyl (C=O) groups excluding carboxylic acids is 2. The van der Waals surface area contributed by atoms with Crippen molar-refractivity contribution in [1.82, 2.24) is 0 Å². The van der Waals surface area contributed by atoms with Gasteiger partial charge in [-0.15, -0.1) is 0 Å². The molecule has 0 saturated heterocycles. The largest absolute Gasteiger partial charge is 0.462 e. The van der Waals surface area contributed by atoms with Crippen LogP contribution in [0.3, 0.4) is 0 Å². The van der Waals surface area contributed by atoms with Gasteiger partial charge in [-0.3, -0.25) is 4.79 Å². The summed E-state index contributed by atoms with van der Waals surface area (Å²) in [7, 11) is 1.60. The van der Waals surface area contributed by atoms with Gasteiger partial charge in [0.25, 0.3) is 0 Å². The van der Waals surface area contributed by atoms with Crippen LogP contribution in [0.2, 0.25) is 0 Å². The van der Waals surface area contributed by atoms with E-state index in [1.165, 1.54) is 0 Å². The number of nitrogens with one attached hydrogen (secondary N) is 1. The van der Waals surface area contributed by atoms with Crippen molar-refractivity contribution in [3.63, 3.8) is 0 Å². The maximum atomic E-state index is 11.7. The minimum Gasteiger partial charge on any atom is -0.462 e. The highest BCUT2D eigenvalue weighted by Crippen LogP contribution is 2.24. The zero-order valence-electron chi connectivity index (χ0n) is 11.6. The van der Waals surface area contributed by atoms with Crippen molar-refractivity contribution in [3.8, 4) is 0 Å². The molecule has 5 nitrogen and oxygen atoms in total. The first-order valence-electron chi connectivity index (χ1n) is 6.34. The number of ether oxygens (including phenoxy) is 2. The molecule has 0 aliphatic heterocycles. The molecule has 0 radical (unpaired) electrons. The Bertz CT molecular complexity index is 476. The lowest BCUT2D eigenvalue weighted by atomic mass is 10.2. The van der Waals surface area contributed by atoms with Gasteiger partial charge in [0.1, 0.15) is 0 Å². The number of anilines is 1. The third-order valence-electron chi connectivity index (χ3n) is 2.51. The van der Waals surface area contributed by atoms with Crippen molar-refractivity contribution in [3.05, 3.63) is 28.2 Å². The van der Waals surface area contributed by atoms with Crippen molar-refractivity contribution in [1.29, 1.82) is 0 Å². The van der Waals surface area contributed by atoms with Crippen LogP contribution in [0, 0.1) is 0 Å². The summed E-state index contributed by atoms with van der Waals surface area (Å²) in [6.07, 6.45) is 1.06. The molecule has 1 amide bonds. The monoisotopic (exact) mass is 343 g/mol. The number of benzene rings is 1. The molecule has 20 heavy (non-hydrogen) atoms. The Hall–Kier alpha value is -1.40. The number of rotatable bonds is 7. The topological polar surface area (TPSA) is 64.6 Å². The second-order valence-electron chi connectivity index (χ2n) is 4.06. The van der Waals surface area contributed by atoms with Gasteiger partial charge < -0.3 is 14.8 Å². The van der Waals surface area contributed by atoms with Gasteiger partial charge in [0.2, 0.25) is 5.91 Å². The second kappa shape index (κ2) is 8.71. The van der Waals surface area contributed by atoms with E-state index < -0.39 is 0 Å². The molecule has 0 aliphatic carbocycles. The molecule has 110 valence electrons. The first-order chi connectivity index (χ1) is 9.58. The first-order valence-corrected chi connectivity index (χ1v) is 7.13. The molecule has 0 heterocycles. The van der Waals surface area contributed by atoms with Gasteiger partial charge >= 0.3 is 5.97 Å². The van der Waals surface area contributed by atoms with E-state index in [1.54, 1.807) is 32.2 Å². The standard InChI is InChI=1S/C14H18BrNO4/c1-3-20-14(18)10-6-7-12(11(15)9-10)16-13(17)5-4-8-19-2/h6-7,9H,3-5,8H2,1-2H3,(H,16,17). The van der Waals surface area contributed by atoms with E-state index in [1.807, 2.05) is 0 Å². The van der Waals surface area contributed by atoms with Crippen LogP contribution in [-0.2, 0) is 14.3 Å². The van der Waals surface area contributed by atoms with E-state index in [2.05, 4.69) is 21.2 Å². The summed E-state index contributed by atoms with van der Waals surface area (Å²) in [6.45, 7) is 2.63. The second-order valence-corrected chi connectivity index (χ2v) is 4.91. The average molecular weight is 344 g/mol. The van der Waals surface area contributed by atoms with Crippen LogP contribution in [0.4, 0.5) is 5.69 Å². The highest BCUT2D eigenvalue weighted by atomic mass is 79.9. The third kappa shape index (κ3) is 5.30. The number of hydrogen-bond acceptors (Lipinski definition) is 4. The molecule has 1 aromatic carbocycles. The van der Waals surface area contributed by atoms with Gasteiger partial charge in [-0.05, 0) is 47.5 Å². The van der Waals surface area contributed by atoms with E-state index in [9.17, 15) is 9.59 Å². The molecule has 6 heteroatoms. The number of amides is 1. The number of hydrogen-bond donors (Lipinski definition) is 1.